The molecule has 6 nitrogen and oxygen atoms in total. The number of benzene rings is 2. The molecule has 2 N–H and O–H groups in total. The maximum absolute atomic E-state index is 12.6. The Morgan fingerprint density at radius 2 is 1.85 bits per heavy atom. The summed E-state index contributed by atoms with van der Waals surface area (Å²) in [5, 5.41) is 28.0. The molecule has 1 saturated heterocycles. The summed E-state index contributed by atoms with van der Waals surface area (Å²) in [5.41, 5.74) is 5.23. The highest BCUT2D eigenvalue weighted by molar-refractivity contribution is 8.13. The molecule has 0 radical (unpaired) electrons. The van der Waals surface area contributed by atoms with Crippen molar-refractivity contribution in [1.82, 2.24) is 10.0 Å². The first-order valence-electron chi connectivity index (χ1n) is 13.4. The highest BCUT2D eigenvalue weighted by Crippen LogP contribution is 2.27. The predicted octanol–water partition coefficient (Wildman–Crippen LogP) is 6.50. The van der Waals surface area contributed by atoms with Gasteiger partial charge in [0.05, 0.1) is 6.10 Å². The van der Waals surface area contributed by atoms with E-state index in [1.54, 1.807) is 22.4 Å². The predicted molar refractivity (Wildman–Crippen MR) is 168 cm³/mol. The van der Waals surface area contributed by atoms with Crippen LogP contribution in [0.2, 0.25) is 0 Å². The van der Waals surface area contributed by atoms with Gasteiger partial charge in [0.2, 0.25) is 0 Å². The van der Waals surface area contributed by atoms with E-state index in [0.717, 1.165) is 39.2 Å². The molecule has 3 heterocycles. The Morgan fingerprint density at radius 1 is 1.00 bits per heavy atom. The number of aromatic carboxylic acids is 1. The van der Waals surface area contributed by atoms with E-state index >= 15 is 0 Å². The number of amides is 1. The fraction of sp³-hybridized carbons (Fsp3) is 0.250. The zero-order valence-electron chi connectivity index (χ0n) is 22.4. The number of carboxylic acids is 1. The van der Waals surface area contributed by atoms with Crippen molar-refractivity contribution in [3.05, 3.63) is 104 Å². The summed E-state index contributed by atoms with van der Waals surface area (Å²) in [6.45, 7) is 1.78. The smallest absolute Gasteiger partial charge is 0.345 e. The molecule has 5 rings (SSSR count). The van der Waals surface area contributed by atoms with E-state index in [-0.39, 0.29) is 5.24 Å². The largest absolute Gasteiger partial charge is 0.477 e. The minimum Gasteiger partial charge on any atom is -0.477 e. The third-order valence-electron chi connectivity index (χ3n) is 6.78. The van der Waals surface area contributed by atoms with Gasteiger partial charge in [0.15, 0.2) is 0 Å². The van der Waals surface area contributed by atoms with Crippen LogP contribution in [0.1, 0.15) is 37.7 Å². The molecule has 0 aliphatic carbocycles. The van der Waals surface area contributed by atoms with Gasteiger partial charge >= 0.3 is 5.97 Å². The Balaban J connectivity index is 1.16. The number of carbonyl (C=O) groups is 2. The van der Waals surface area contributed by atoms with Crippen molar-refractivity contribution < 1.29 is 19.8 Å². The molecule has 0 spiro atoms. The fourth-order valence-electron chi connectivity index (χ4n) is 4.68. The van der Waals surface area contributed by atoms with Gasteiger partial charge in [0.1, 0.15) is 4.88 Å². The molecular formula is C32H30N2O4S3. The quantitative estimate of drug-likeness (QED) is 0.202. The number of thioether (sulfide) groups is 1. The third-order valence-corrected chi connectivity index (χ3v) is 9.50. The Kier molecular flexibility index (Phi) is 9.93. The molecule has 1 aliphatic rings. The first kappa shape index (κ1) is 29.1. The van der Waals surface area contributed by atoms with Crippen molar-refractivity contribution in [3.8, 4) is 23.0 Å². The van der Waals surface area contributed by atoms with Gasteiger partial charge in [-0.3, -0.25) is 9.80 Å². The lowest BCUT2D eigenvalue weighted by molar-refractivity contribution is 0.0148. The number of aliphatic hydroxyl groups is 1. The van der Waals surface area contributed by atoms with Gasteiger partial charge in [-0.25, -0.2) is 9.80 Å². The maximum atomic E-state index is 12.6. The van der Waals surface area contributed by atoms with Crippen molar-refractivity contribution in [2.75, 3.05) is 25.4 Å². The zero-order chi connectivity index (χ0) is 28.6. The Labute approximate surface area is 252 Å². The molecule has 1 atom stereocenters. The average molecular weight is 603 g/mol. The molecule has 9 heteroatoms. The number of rotatable bonds is 10. The molecule has 0 saturated carbocycles. The van der Waals surface area contributed by atoms with Crippen molar-refractivity contribution in [3.63, 3.8) is 0 Å². The second-order valence-electron chi connectivity index (χ2n) is 9.67. The molecule has 4 aromatic rings. The van der Waals surface area contributed by atoms with Crippen LogP contribution >= 0.6 is 34.4 Å². The van der Waals surface area contributed by atoms with Crippen molar-refractivity contribution >= 4 is 45.6 Å². The number of thiophene rings is 2. The van der Waals surface area contributed by atoms with Crippen LogP contribution in [0.25, 0.3) is 11.1 Å². The lowest BCUT2D eigenvalue weighted by Crippen LogP contribution is -2.51. The molecule has 1 unspecified atom stereocenters. The summed E-state index contributed by atoms with van der Waals surface area (Å²) in [5.74, 6) is 6.39. The summed E-state index contributed by atoms with van der Waals surface area (Å²) in [7, 11) is 0. The van der Waals surface area contributed by atoms with E-state index in [1.165, 1.54) is 23.1 Å². The topological polar surface area (TPSA) is 81.1 Å². The monoisotopic (exact) mass is 602 g/mol. The normalized spacial score (nSPS) is 14.5. The summed E-state index contributed by atoms with van der Waals surface area (Å²) in [6, 6.07) is 21.7. The van der Waals surface area contributed by atoms with Gasteiger partial charge in [-0.1, -0.05) is 66.1 Å². The summed E-state index contributed by atoms with van der Waals surface area (Å²) >= 11 is 4.18. The van der Waals surface area contributed by atoms with Crippen LogP contribution in [0.3, 0.4) is 0 Å². The molecule has 1 aliphatic heterocycles. The van der Waals surface area contributed by atoms with Crippen LogP contribution < -0.4 is 0 Å². The molecule has 41 heavy (non-hydrogen) atoms. The Hall–Kier alpha value is -3.39. The molecular weight excluding hydrogens is 573 g/mol. The van der Waals surface area contributed by atoms with Crippen LogP contribution in [0, 0.1) is 11.8 Å². The van der Waals surface area contributed by atoms with Gasteiger partial charge < -0.3 is 10.2 Å². The van der Waals surface area contributed by atoms with E-state index in [2.05, 4.69) is 34.7 Å². The second kappa shape index (κ2) is 14.0. The Morgan fingerprint density at radius 3 is 2.66 bits per heavy atom. The van der Waals surface area contributed by atoms with Crippen LogP contribution in [-0.4, -0.2) is 62.9 Å². The van der Waals surface area contributed by atoms with Gasteiger partial charge in [-0.2, -0.15) is 11.3 Å². The minimum absolute atomic E-state index is 0.00641. The lowest BCUT2D eigenvalue weighted by Gasteiger charge is -2.38. The van der Waals surface area contributed by atoms with Gasteiger partial charge in [0.25, 0.3) is 5.24 Å². The summed E-state index contributed by atoms with van der Waals surface area (Å²) in [4.78, 5) is 25.1. The van der Waals surface area contributed by atoms with Crippen LogP contribution in [-0.2, 0) is 12.8 Å². The standard InChI is InChI=1S/C32H30N2O4S3/c35-27(13-15-33-17-18-40-32(38)34(33)16-14-28-11-12-30(41-28)31(36)37)20-24-6-4-5-23(19-24)9-10-26-21-39-22-29(26)25-7-2-1-3-8-25/h1-8,11-12,19,21-22,27,35H,13-18,20H2,(H,36,37). The lowest BCUT2D eigenvalue weighted by atomic mass is 10.0. The highest BCUT2D eigenvalue weighted by Gasteiger charge is 2.27. The first-order valence-corrected chi connectivity index (χ1v) is 16.1. The van der Waals surface area contributed by atoms with Crippen LogP contribution in [0.5, 0.6) is 0 Å². The van der Waals surface area contributed by atoms with E-state index in [0.29, 0.717) is 43.0 Å². The average Bonchev–Trinajstić information content (AvgIpc) is 3.65. The third kappa shape index (κ3) is 7.88. The number of hydrazine groups is 1. The summed E-state index contributed by atoms with van der Waals surface area (Å²) < 4.78 is 0. The van der Waals surface area contributed by atoms with Gasteiger partial charge in [-0.15, -0.1) is 11.3 Å². The molecule has 2 aromatic carbocycles. The van der Waals surface area contributed by atoms with E-state index in [9.17, 15) is 14.7 Å². The molecule has 1 fully saturated rings. The maximum Gasteiger partial charge on any atom is 0.345 e. The van der Waals surface area contributed by atoms with Gasteiger partial charge in [0, 0.05) is 58.8 Å². The number of hydrogen-bond donors (Lipinski definition) is 2. The number of carbonyl (C=O) groups excluding carboxylic acids is 1. The second-order valence-corrected chi connectivity index (χ2v) is 12.6. The van der Waals surface area contributed by atoms with Crippen LogP contribution in [0.15, 0.2) is 77.5 Å². The van der Waals surface area contributed by atoms with Crippen LogP contribution in [0.4, 0.5) is 4.79 Å². The number of nitrogens with zero attached hydrogens (tertiary/aromatic N) is 2. The number of hydrogen-bond acceptors (Lipinski definition) is 7. The van der Waals surface area contributed by atoms with E-state index < -0.39 is 12.1 Å². The SMILES string of the molecule is O=C(O)c1ccc(CCN2C(=O)SCCN2CCC(O)Cc2cccc(C#Cc3cscc3-c3ccccc3)c2)s1. The Bertz CT molecular complexity index is 1550. The fourth-order valence-corrected chi connectivity index (χ4v) is 7.14. The van der Waals surface area contributed by atoms with Crippen molar-refractivity contribution in [2.24, 2.45) is 0 Å². The first-order chi connectivity index (χ1) is 20.0. The molecule has 2 aromatic heterocycles. The number of carboxylic acid groups (broad SMARTS) is 1. The molecule has 210 valence electrons. The van der Waals surface area contributed by atoms with Gasteiger partial charge in [-0.05, 0) is 53.6 Å². The highest BCUT2D eigenvalue weighted by atomic mass is 32.2. The molecule has 0 bridgehead atoms. The van der Waals surface area contributed by atoms with Crippen molar-refractivity contribution in [1.29, 1.82) is 0 Å². The molecule has 1 amide bonds. The minimum atomic E-state index is -0.932. The summed E-state index contributed by atoms with van der Waals surface area (Å²) in [6.07, 6.45) is 1.08. The number of aliphatic hydroxyl groups excluding tert-OH is 1. The zero-order valence-corrected chi connectivity index (χ0v) is 24.8. The van der Waals surface area contributed by atoms with Crippen molar-refractivity contribution in [2.45, 2.75) is 25.4 Å². The van der Waals surface area contributed by atoms with E-state index in [4.69, 9.17) is 5.11 Å². The van der Waals surface area contributed by atoms with E-state index in [1.807, 2.05) is 53.5 Å².